The Morgan fingerprint density at radius 2 is 1.71 bits per heavy atom. The quantitative estimate of drug-likeness (QED) is 0.444. The third kappa shape index (κ3) is 3.75. The molecule has 0 amide bonds. The third-order valence-corrected chi connectivity index (χ3v) is 5.42. The number of methoxy groups -OCH3 is 2. The average Bonchev–Trinajstić information content (AvgIpc) is 2.81. The zero-order valence-corrected chi connectivity index (χ0v) is 17.4. The van der Waals surface area contributed by atoms with E-state index in [2.05, 4.69) is 0 Å². The summed E-state index contributed by atoms with van der Waals surface area (Å²) in [6, 6.07) is 19.1. The summed E-state index contributed by atoms with van der Waals surface area (Å²) in [6.07, 6.45) is 2.40. The van der Waals surface area contributed by atoms with Gasteiger partial charge in [-0.05, 0) is 27.3 Å². The van der Waals surface area contributed by atoms with Crippen molar-refractivity contribution in [2.24, 2.45) is 5.92 Å². The van der Waals surface area contributed by atoms with Crippen molar-refractivity contribution in [3.05, 3.63) is 76.7 Å². The molecule has 0 aromatic heterocycles. The highest BCUT2D eigenvalue weighted by molar-refractivity contribution is 5.99. The molecule has 31 heavy (non-hydrogen) atoms. The number of hydrogen-bond donors (Lipinski definition) is 1. The van der Waals surface area contributed by atoms with Gasteiger partial charge < -0.3 is 28.8 Å². The molecule has 1 aliphatic rings. The molecule has 0 aliphatic heterocycles. The summed E-state index contributed by atoms with van der Waals surface area (Å²) in [5, 5.41) is 15.2. The van der Waals surface area contributed by atoms with E-state index in [0.29, 0.717) is 23.2 Å². The van der Waals surface area contributed by atoms with Crippen LogP contribution in [0.1, 0.15) is 5.56 Å². The molecular formula is C25H24O6. The van der Waals surface area contributed by atoms with Crippen molar-refractivity contribution in [3.63, 3.8) is 0 Å². The summed E-state index contributed by atoms with van der Waals surface area (Å²) in [5.74, 6) is -2.39. The van der Waals surface area contributed by atoms with E-state index in [1.165, 1.54) is 7.11 Å². The molecule has 0 bridgehead atoms. The first kappa shape index (κ1) is 21.2. The highest BCUT2D eigenvalue weighted by atomic mass is 16.7. The van der Waals surface area contributed by atoms with E-state index in [0.717, 1.165) is 21.2 Å². The van der Waals surface area contributed by atoms with Crippen LogP contribution >= 0.6 is 0 Å². The Bertz CT molecular complexity index is 1220. The lowest BCUT2D eigenvalue weighted by atomic mass is 9.80. The molecule has 0 saturated heterocycles. The van der Waals surface area contributed by atoms with Gasteiger partial charge in [-0.3, -0.25) is 0 Å². The van der Waals surface area contributed by atoms with Crippen LogP contribution in [0.5, 0.6) is 5.75 Å². The summed E-state index contributed by atoms with van der Waals surface area (Å²) in [5.41, 5.74) is 1.09. The van der Waals surface area contributed by atoms with Crippen LogP contribution in [-0.2, 0) is 19.0 Å². The van der Waals surface area contributed by atoms with Crippen molar-refractivity contribution in [1.29, 1.82) is 0 Å². The predicted molar refractivity (Wildman–Crippen MR) is 117 cm³/mol. The number of aldehydes is 1. The number of carbonyl (C=O) groups excluding carboxylic acids is 1. The topological polar surface area (TPSA) is 74.2 Å². The van der Waals surface area contributed by atoms with Gasteiger partial charge in [-0.2, -0.15) is 0 Å². The van der Waals surface area contributed by atoms with Crippen molar-refractivity contribution in [2.45, 2.75) is 5.79 Å². The van der Waals surface area contributed by atoms with E-state index in [1.807, 2.05) is 60.7 Å². The van der Waals surface area contributed by atoms with Gasteiger partial charge in [-0.15, -0.1) is 0 Å². The summed E-state index contributed by atoms with van der Waals surface area (Å²) < 4.78 is 21.9. The van der Waals surface area contributed by atoms with Gasteiger partial charge in [0.1, 0.15) is 18.8 Å². The van der Waals surface area contributed by atoms with E-state index < -0.39 is 11.7 Å². The van der Waals surface area contributed by atoms with Crippen LogP contribution in [0.2, 0.25) is 0 Å². The molecule has 0 fully saturated rings. The van der Waals surface area contributed by atoms with Crippen LogP contribution in [0.4, 0.5) is 0 Å². The minimum Gasteiger partial charge on any atom is -0.467 e. The Balaban J connectivity index is 2.14. The molecule has 0 heterocycles. The van der Waals surface area contributed by atoms with E-state index in [9.17, 15) is 9.90 Å². The van der Waals surface area contributed by atoms with Crippen molar-refractivity contribution in [3.8, 4) is 5.75 Å². The molecule has 6 heteroatoms. The van der Waals surface area contributed by atoms with Crippen LogP contribution in [0.25, 0.3) is 22.4 Å². The molecule has 6 nitrogen and oxygen atoms in total. The lowest BCUT2D eigenvalue weighted by molar-refractivity contribution is -0.219. The van der Waals surface area contributed by atoms with E-state index >= 15 is 0 Å². The molecule has 3 aromatic rings. The molecule has 0 unspecified atom stereocenters. The summed E-state index contributed by atoms with van der Waals surface area (Å²) >= 11 is 0. The molecule has 3 aromatic carbocycles. The Hall–Kier alpha value is -3.03. The number of rotatable bonds is 8. The molecule has 2 atom stereocenters. The fourth-order valence-corrected chi connectivity index (χ4v) is 4.05. The maximum atomic E-state index is 12.1. The maximum Gasteiger partial charge on any atom is 0.209 e. The molecule has 0 spiro atoms. The van der Waals surface area contributed by atoms with Crippen LogP contribution in [-0.4, -0.2) is 45.0 Å². The first-order chi connectivity index (χ1) is 15.1. The summed E-state index contributed by atoms with van der Waals surface area (Å²) in [4.78, 5) is 12.1. The maximum absolute atomic E-state index is 12.1. The standard InChI is InChI=1S/C25H24O6/c1-28-15-30-22-12-11-17-7-3-5-9-20(17)23(22)24-21-10-6-4-8-18(21)13-19(14-26)25(24,27)31-16-29-2/h3-14,19,27H,15-16H2,1-2H3/t19-,25-/m1/s1. The van der Waals surface area contributed by atoms with Crippen molar-refractivity contribution in [2.75, 3.05) is 27.8 Å². The minimum absolute atomic E-state index is 0.0286. The summed E-state index contributed by atoms with van der Waals surface area (Å²) in [6.45, 7) is -0.166. The van der Waals surface area contributed by atoms with Gasteiger partial charge in [0.15, 0.2) is 6.79 Å². The normalized spacial score (nSPS) is 20.2. The second kappa shape index (κ2) is 8.99. The van der Waals surface area contributed by atoms with Gasteiger partial charge in [0.25, 0.3) is 0 Å². The monoisotopic (exact) mass is 420 g/mol. The Morgan fingerprint density at radius 3 is 2.48 bits per heavy atom. The van der Waals surface area contributed by atoms with Crippen molar-refractivity contribution < 1.29 is 28.8 Å². The molecule has 4 rings (SSSR count). The zero-order chi connectivity index (χ0) is 21.8. The fraction of sp³-hybridized carbons (Fsp3) is 0.240. The highest BCUT2D eigenvalue weighted by Crippen LogP contribution is 2.42. The molecule has 0 radical (unpaired) electrons. The van der Waals surface area contributed by atoms with Crippen molar-refractivity contribution in [1.82, 2.24) is 0 Å². The molecule has 1 N–H and O–H groups in total. The second-order valence-corrected chi connectivity index (χ2v) is 7.25. The van der Waals surface area contributed by atoms with Crippen LogP contribution in [0.15, 0.2) is 60.7 Å². The SMILES string of the molecule is COCOc1ccc2ccccc2c1C1=c2ccccc2=C[C@H](C=O)[C@@]1(O)OCOC. The number of hydrogen-bond acceptors (Lipinski definition) is 6. The summed E-state index contributed by atoms with van der Waals surface area (Å²) in [7, 11) is 3.00. The van der Waals surface area contributed by atoms with Crippen molar-refractivity contribution >= 4 is 28.7 Å². The van der Waals surface area contributed by atoms with Gasteiger partial charge in [0.2, 0.25) is 5.79 Å². The van der Waals surface area contributed by atoms with Gasteiger partial charge in [-0.25, -0.2) is 0 Å². The van der Waals surface area contributed by atoms with E-state index in [1.54, 1.807) is 13.2 Å². The van der Waals surface area contributed by atoms with Gasteiger partial charge >= 0.3 is 0 Å². The first-order valence-corrected chi connectivity index (χ1v) is 9.90. The Kier molecular flexibility index (Phi) is 6.15. The third-order valence-electron chi connectivity index (χ3n) is 5.42. The van der Waals surface area contributed by atoms with Crippen LogP contribution in [0, 0.1) is 5.92 Å². The van der Waals surface area contributed by atoms with Gasteiger partial charge in [-0.1, -0.05) is 60.7 Å². The van der Waals surface area contributed by atoms with E-state index in [-0.39, 0.29) is 13.6 Å². The molecular weight excluding hydrogens is 396 g/mol. The number of aliphatic hydroxyl groups is 1. The number of fused-ring (bicyclic) bond motifs is 2. The van der Waals surface area contributed by atoms with Crippen LogP contribution in [0.3, 0.4) is 0 Å². The number of carbonyl (C=O) groups is 1. The Labute approximate surface area is 179 Å². The first-order valence-electron chi connectivity index (χ1n) is 9.90. The second-order valence-electron chi connectivity index (χ2n) is 7.25. The molecule has 160 valence electrons. The Morgan fingerprint density at radius 1 is 0.968 bits per heavy atom. The fourth-order valence-electron chi connectivity index (χ4n) is 4.05. The average molecular weight is 420 g/mol. The number of ether oxygens (including phenoxy) is 4. The predicted octanol–water partition coefficient (Wildman–Crippen LogP) is 1.94. The lowest BCUT2D eigenvalue weighted by Gasteiger charge is -2.37. The highest BCUT2D eigenvalue weighted by Gasteiger charge is 2.45. The van der Waals surface area contributed by atoms with Gasteiger partial charge in [0.05, 0.1) is 5.92 Å². The number of benzene rings is 3. The van der Waals surface area contributed by atoms with E-state index in [4.69, 9.17) is 18.9 Å². The minimum atomic E-state index is -1.96. The smallest absolute Gasteiger partial charge is 0.209 e. The molecule has 1 aliphatic carbocycles. The van der Waals surface area contributed by atoms with Crippen LogP contribution < -0.4 is 15.2 Å². The molecule has 0 saturated carbocycles. The zero-order valence-electron chi connectivity index (χ0n) is 17.4. The lowest BCUT2D eigenvalue weighted by Crippen LogP contribution is -2.51. The largest absolute Gasteiger partial charge is 0.467 e. The van der Waals surface area contributed by atoms with Gasteiger partial charge in [0, 0.05) is 25.4 Å².